The topological polar surface area (TPSA) is 64.6 Å². The molecule has 4 atom stereocenters. The first-order valence-electron chi connectivity index (χ1n) is 9.58. The summed E-state index contributed by atoms with van der Waals surface area (Å²) >= 11 is 0. The zero-order valence-corrected chi connectivity index (χ0v) is 19.3. The second-order valence-electron chi connectivity index (χ2n) is 7.44. The molecule has 1 aromatic rings. The Kier molecular flexibility index (Phi) is 6.80. The second-order valence-corrected chi connectivity index (χ2v) is 7.44. The van der Waals surface area contributed by atoms with Crippen molar-refractivity contribution < 1.29 is 18.9 Å². The Morgan fingerprint density at radius 3 is 2.14 bits per heavy atom. The van der Waals surface area contributed by atoms with Gasteiger partial charge >= 0.3 is 0 Å². The van der Waals surface area contributed by atoms with E-state index in [-0.39, 0.29) is 24.0 Å². The van der Waals surface area contributed by atoms with Crippen molar-refractivity contribution in [1.29, 1.82) is 0 Å². The number of hydrogen-bond donors (Lipinski definition) is 1. The molecule has 3 aliphatic heterocycles. The van der Waals surface area contributed by atoms with Gasteiger partial charge in [-0.1, -0.05) is 0 Å². The van der Waals surface area contributed by atoms with Crippen LogP contribution in [0, 0.1) is 11.8 Å². The number of aliphatic imine (C=N–C) groups is 1. The van der Waals surface area contributed by atoms with Crippen LogP contribution >= 0.6 is 24.0 Å². The molecule has 0 aliphatic carbocycles. The van der Waals surface area contributed by atoms with E-state index < -0.39 is 0 Å². The van der Waals surface area contributed by atoms with E-state index in [4.69, 9.17) is 18.9 Å². The van der Waals surface area contributed by atoms with Crippen molar-refractivity contribution in [2.75, 3.05) is 41.5 Å². The number of halogens is 1. The summed E-state index contributed by atoms with van der Waals surface area (Å²) in [5, 5.41) is 3.49. The summed E-state index contributed by atoms with van der Waals surface area (Å²) in [7, 11) is 6.77. The van der Waals surface area contributed by atoms with Gasteiger partial charge < -0.3 is 29.2 Å². The summed E-state index contributed by atoms with van der Waals surface area (Å²) in [6, 6.07) is 3.80. The Hall–Kier alpha value is -1.42. The van der Waals surface area contributed by atoms with Gasteiger partial charge in [-0.05, 0) is 18.9 Å². The van der Waals surface area contributed by atoms with Crippen molar-refractivity contribution in [3.8, 4) is 17.2 Å². The minimum Gasteiger partial charge on any atom is -0.496 e. The Balaban J connectivity index is 0.00000225. The lowest BCUT2D eigenvalue weighted by molar-refractivity contribution is 0.0767. The molecule has 4 unspecified atom stereocenters. The number of likely N-dealkylation sites (tertiary alicyclic amines) is 1. The van der Waals surface area contributed by atoms with E-state index >= 15 is 0 Å². The number of fused-ring (bicyclic) bond motifs is 5. The van der Waals surface area contributed by atoms with Gasteiger partial charge in [-0.3, -0.25) is 4.99 Å². The largest absolute Gasteiger partial charge is 0.496 e. The summed E-state index contributed by atoms with van der Waals surface area (Å²) in [5.41, 5.74) is 0.999. The molecule has 28 heavy (non-hydrogen) atoms. The van der Waals surface area contributed by atoms with Gasteiger partial charge in [0.05, 0.1) is 33.5 Å². The summed E-state index contributed by atoms with van der Waals surface area (Å²) in [5.74, 6) is 4.34. The second kappa shape index (κ2) is 8.94. The van der Waals surface area contributed by atoms with Crippen LogP contribution in [-0.4, -0.2) is 64.5 Å². The number of methoxy groups -OCH3 is 3. The van der Waals surface area contributed by atoms with E-state index in [2.05, 4.69) is 15.2 Å². The van der Waals surface area contributed by atoms with Crippen LogP contribution in [0.1, 0.15) is 18.4 Å². The maximum atomic E-state index is 6.08. The van der Waals surface area contributed by atoms with E-state index in [1.165, 1.54) is 12.8 Å². The molecule has 3 aliphatic rings. The number of nitrogens with one attached hydrogen (secondary N) is 1. The average Bonchev–Trinajstić information content (AvgIpc) is 3.41. The van der Waals surface area contributed by atoms with Gasteiger partial charge in [-0.25, -0.2) is 0 Å². The van der Waals surface area contributed by atoms with Crippen molar-refractivity contribution in [3.05, 3.63) is 17.7 Å². The Morgan fingerprint density at radius 2 is 1.61 bits per heavy atom. The molecule has 0 saturated carbocycles. The molecule has 3 heterocycles. The highest BCUT2D eigenvalue weighted by Gasteiger charge is 2.53. The Labute approximate surface area is 183 Å². The number of hydrogen-bond acceptors (Lipinski definition) is 5. The lowest BCUT2D eigenvalue weighted by atomic mass is 9.82. The third kappa shape index (κ3) is 3.72. The molecule has 0 spiro atoms. The van der Waals surface area contributed by atoms with E-state index in [0.29, 0.717) is 42.1 Å². The van der Waals surface area contributed by atoms with Crippen LogP contribution < -0.4 is 19.5 Å². The molecule has 0 amide bonds. The lowest BCUT2D eigenvalue weighted by Gasteiger charge is -2.24. The third-order valence-corrected chi connectivity index (χ3v) is 6.19. The molecule has 156 valence electrons. The fourth-order valence-corrected chi connectivity index (χ4v) is 4.87. The first-order valence-corrected chi connectivity index (χ1v) is 9.58. The van der Waals surface area contributed by atoms with Crippen molar-refractivity contribution in [2.24, 2.45) is 16.8 Å². The zero-order chi connectivity index (χ0) is 19.0. The van der Waals surface area contributed by atoms with Crippen LogP contribution in [0.25, 0.3) is 0 Å². The van der Waals surface area contributed by atoms with Gasteiger partial charge in [0.2, 0.25) is 0 Å². The van der Waals surface area contributed by atoms with Crippen molar-refractivity contribution in [3.63, 3.8) is 0 Å². The molecule has 7 nitrogen and oxygen atoms in total. The highest BCUT2D eigenvalue weighted by Crippen LogP contribution is 2.47. The molecule has 8 heteroatoms. The van der Waals surface area contributed by atoms with Crippen molar-refractivity contribution >= 4 is 29.9 Å². The van der Waals surface area contributed by atoms with E-state index in [1.54, 1.807) is 21.3 Å². The minimum atomic E-state index is 0. The molecule has 1 N–H and O–H groups in total. The maximum Gasteiger partial charge on any atom is 0.193 e. The van der Waals surface area contributed by atoms with Crippen LogP contribution in [0.15, 0.2) is 17.1 Å². The maximum absolute atomic E-state index is 6.08. The van der Waals surface area contributed by atoms with Gasteiger partial charge in [0.15, 0.2) is 17.5 Å². The Bertz CT molecular complexity index is 712. The molecule has 3 saturated heterocycles. The SMILES string of the molecule is CN=C(NCc1cc(OC)c(OC)cc1OC)N1CC2C3CCC(O3)C2C1.I. The van der Waals surface area contributed by atoms with Crippen LogP contribution in [0.4, 0.5) is 0 Å². The standard InChI is InChI=1S/C20H29N3O4.HI/c1-21-20(23-10-13-14(11-23)16-6-5-15(13)27-16)22-9-12-7-18(25-3)19(26-4)8-17(12)24-2;/h7-8,13-16H,5-6,9-11H2,1-4H3,(H,21,22);1H. The minimum absolute atomic E-state index is 0. The normalized spacial score (nSPS) is 28.0. The van der Waals surface area contributed by atoms with Crippen LogP contribution in [-0.2, 0) is 11.3 Å². The molecule has 0 aromatic heterocycles. The van der Waals surface area contributed by atoms with Crippen LogP contribution in [0.5, 0.6) is 17.2 Å². The molecule has 0 radical (unpaired) electrons. The van der Waals surface area contributed by atoms with Gasteiger partial charge in [0.25, 0.3) is 0 Å². The number of guanidine groups is 1. The lowest BCUT2D eigenvalue weighted by Crippen LogP contribution is -2.41. The first kappa shape index (κ1) is 21.3. The van der Waals surface area contributed by atoms with Crippen LogP contribution in [0.3, 0.4) is 0 Å². The number of nitrogens with zero attached hydrogens (tertiary/aromatic N) is 2. The summed E-state index contributed by atoms with van der Waals surface area (Å²) in [6.07, 6.45) is 3.34. The van der Waals surface area contributed by atoms with Crippen LogP contribution in [0.2, 0.25) is 0 Å². The molecular weight excluding hydrogens is 473 g/mol. The number of benzene rings is 1. The van der Waals surface area contributed by atoms with Gasteiger partial charge in [-0.2, -0.15) is 0 Å². The van der Waals surface area contributed by atoms with Gasteiger partial charge in [-0.15, -0.1) is 24.0 Å². The molecule has 4 rings (SSSR count). The molecule has 1 aromatic carbocycles. The van der Waals surface area contributed by atoms with E-state index in [1.807, 2.05) is 19.2 Å². The predicted octanol–water partition coefficient (Wildman–Crippen LogP) is 2.52. The number of ether oxygens (including phenoxy) is 4. The summed E-state index contributed by atoms with van der Waals surface area (Å²) < 4.78 is 22.4. The Morgan fingerprint density at radius 1 is 1.04 bits per heavy atom. The first-order chi connectivity index (χ1) is 13.2. The predicted molar refractivity (Wildman–Crippen MR) is 118 cm³/mol. The van der Waals surface area contributed by atoms with Crippen molar-refractivity contribution in [2.45, 2.75) is 31.6 Å². The summed E-state index contributed by atoms with van der Waals surface area (Å²) in [6.45, 7) is 2.65. The fraction of sp³-hybridized carbons (Fsp3) is 0.650. The third-order valence-electron chi connectivity index (χ3n) is 6.19. The van der Waals surface area contributed by atoms with Gasteiger partial charge in [0.1, 0.15) is 5.75 Å². The number of rotatable bonds is 5. The highest BCUT2D eigenvalue weighted by molar-refractivity contribution is 14.0. The molecular formula is C20H30IN3O4. The van der Waals surface area contributed by atoms with Gasteiger partial charge in [0, 0.05) is 50.1 Å². The zero-order valence-electron chi connectivity index (χ0n) is 16.9. The monoisotopic (exact) mass is 503 g/mol. The molecule has 3 fully saturated rings. The average molecular weight is 503 g/mol. The van der Waals surface area contributed by atoms with E-state index in [0.717, 1.165) is 30.4 Å². The fourth-order valence-electron chi connectivity index (χ4n) is 4.87. The van der Waals surface area contributed by atoms with E-state index in [9.17, 15) is 0 Å². The smallest absolute Gasteiger partial charge is 0.193 e. The quantitative estimate of drug-likeness (QED) is 0.379. The van der Waals surface area contributed by atoms with Crippen molar-refractivity contribution in [1.82, 2.24) is 10.2 Å². The molecule has 2 bridgehead atoms. The highest BCUT2D eigenvalue weighted by atomic mass is 127. The summed E-state index contributed by atoms with van der Waals surface area (Å²) in [4.78, 5) is 6.88.